The highest BCUT2D eigenvalue weighted by atomic mass is 35.5. The Morgan fingerprint density at radius 1 is 1.75 bits per heavy atom. The fourth-order valence-corrected chi connectivity index (χ4v) is 1.53. The molecule has 0 rings (SSSR count). The quantitative estimate of drug-likeness (QED) is 0.244. The topological polar surface area (TPSA) is 37.4 Å². The largest absolute Gasteiger partial charge is 0.326 e. The molecule has 0 fully saturated rings. The van der Waals surface area contributed by atoms with E-state index in [1.54, 1.807) is 6.92 Å². The van der Waals surface area contributed by atoms with Gasteiger partial charge < -0.3 is 4.79 Å². The first-order chi connectivity index (χ1) is 5.45. The number of alkyl halides is 1. The van der Waals surface area contributed by atoms with Crippen LogP contribution in [0.3, 0.4) is 0 Å². The van der Waals surface area contributed by atoms with E-state index in [1.165, 1.54) is 11.4 Å². The van der Waals surface area contributed by atoms with E-state index in [0.29, 0.717) is 6.29 Å². The molecular formula is C6H9Cl2NO2S. The summed E-state index contributed by atoms with van der Waals surface area (Å²) in [6.45, 7) is 1.63. The number of carbonyl (C=O) groups is 2. The van der Waals surface area contributed by atoms with Crippen LogP contribution in [-0.4, -0.2) is 33.6 Å². The van der Waals surface area contributed by atoms with Gasteiger partial charge in [0.1, 0.15) is 11.0 Å². The standard InChI is InChI=1S/C6H9Cl2NO2S/c1-6(3-7,4-10)12-9(2)5(8)11/h4H,3H2,1-2H3. The van der Waals surface area contributed by atoms with E-state index >= 15 is 0 Å². The molecule has 70 valence electrons. The number of hydrogen-bond donors (Lipinski definition) is 0. The van der Waals surface area contributed by atoms with Gasteiger partial charge in [-0.2, -0.15) is 0 Å². The van der Waals surface area contributed by atoms with E-state index in [-0.39, 0.29) is 5.88 Å². The maximum absolute atomic E-state index is 10.6. The van der Waals surface area contributed by atoms with Gasteiger partial charge in [-0.15, -0.1) is 11.6 Å². The van der Waals surface area contributed by atoms with Gasteiger partial charge in [-0.1, -0.05) is 0 Å². The number of rotatable bonds is 4. The number of hydrogen-bond acceptors (Lipinski definition) is 3. The van der Waals surface area contributed by atoms with E-state index in [2.05, 4.69) is 0 Å². The van der Waals surface area contributed by atoms with Gasteiger partial charge in [-0.05, 0) is 30.5 Å². The summed E-state index contributed by atoms with van der Waals surface area (Å²) in [5.74, 6) is 0.135. The van der Waals surface area contributed by atoms with Crippen molar-refractivity contribution < 1.29 is 9.59 Å². The summed E-state index contributed by atoms with van der Waals surface area (Å²) in [5.41, 5.74) is 0. The molecule has 6 heteroatoms. The fourth-order valence-electron chi connectivity index (χ4n) is 0.426. The monoisotopic (exact) mass is 229 g/mol. The Morgan fingerprint density at radius 2 is 2.25 bits per heavy atom. The molecule has 0 heterocycles. The van der Waals surface area contributed by atoms with E-state index in [0.717, 1.165) is 11.9 Å². The van der Waals surface area contributed by atoms with Gasteiger partial charge in [-0.3, -0.25) is 9.10 Å². The molecule has 0 aromatic carbocycles. The molecule has 0 saturated heterocycles. The predicted octanol–water partition coefficient (Wildman–Crippen LogP) is 2.12. The van der Waals surface area contributed by atoms with Crippen LogP contribution in [-0.2, 0) is 4.79 Å². The lowest BCUT2D eigenvalue weighted by molar-refractivity contribution is -0.109. The van der Waals surface area contributed by atoms with Gasteiger partial charge in [0.15, 0.2) is 0 Å². The second kappa shape index (κ2) is 4.94. The summed E-state index contributed by atoms with van der Waals surface area (Å²) in [6, 6.07) is 0. The predicted molar refractivity (Wildman–Crippen MR) is 51.8 cm³/mol. The SMILES string of the molecule is CN(SC(C)(C=O)CCl)C(=O)Cl. The van der Waals surface area contributed by atoms with Crippen molar-refractivity contribution in [3.05, 3.63) is 0 Å². The molecular weight excluding hydrogens is 221 g/mol. The van der Waals surface area contributed by atoms with Gasteiger partial charge in [-0.25, -0.2) is 0 Å². The van der Waals surface area contributed by atoms with Crippen LogP contribution in [0.4, 0.5) is 4.79 Å². The number of amides is 1. The lowest BCUT2D eigenvalue weighted by atomic mass is 10.2. The molecule has 0 aromatic rings. The summed E-state index contributed by atoms with van der Waals surface area (Å²) < 4.78 is 0.374. The average Bonchev–Trinajstić information content (AvgIpc) is 2.04. The Balaban J connectivity index is 4.20. The molecule has 0 bridgehead atoms. The van der Waals surface area contributed by atoms with E-state index < -0.39 is 10.1 Å². The van der Waals surface area contributed by atoms with Crippen LogP contribution in [0.2, 0.25) is 0 Å². The van der Waals surface area contributed by atoms with Crippen molar-refractivity contribution >= 4 is 46.8 Å². The molecule has 0 aliphatic rings. The molecule has 12 heavy (non-hydrogen) atoms. The van der Waals surface area contributed by atoms with Crippen LogP contribution in [0.5, 0.6) is 0 Å². The van der Waals surface area contributed by atoms with Gasteiger partial charge in [0, 0.05) is 12.9 Å². The van der Waals surface area contributed by atoms with Crippen molar-refractivity contribution in [3.63, 3.8) is 0 Å². The lowest BCUT2D eigenvalue weighted by Gasteiger charge is -2.23. The Bertz CT molecular complexity index is 190. The van der Waals surface area contributed by atoms with Crippen LogP contribution >= 0.6 is 35.1 Å². The summed E-state index contributed by atoms with van der Waals surface area (Å²) in [7, 11) is 1.48. The zero-order chi connectivity index (χ0) is 9.78. The zero-order valence-corrected chi connectivity index (χ0v) is 9.04. The summed E-state index contributed by atoms with van der Waals surface area (Å²) in [6.07, 6.45) is 0.695. The highest BCUT2D eigenvalue weighted by Gasteiger charge is 2.27. The molecule has 1 atom stereocenters. The first-order valence-electron chi connectivity index (χ1n) is 3.10. The highest BCUT2D eigenvalue weighted by molar-refractivity contribution is 7.99. The van der Waals surface area contributed by atoms with E-state index in [4.69, 9.17) is 23.2 Å². The minimum Gasteiger partial charge on any atom is -0.302 e. The molecule has 3 nitrogen and oxygen atoms in total. The van der Waals surface area contributed by atoms with Gasteiger partial charge in [0.05, 0.1) is 0 Å². The second-order valence-corrected chi connectivity index (χ2v) is 4.66. The Kier molecular flexibility index (Phi) is 4.97. The fraction of sp³-hybridized carbons (Fsp3) is 0.667. The van der Waals surface area contributed by atoms with Crippen molar-refractivity contribution in [1.82, 2.24) is 4.31 Å². The maximum Gasteiger partial charge on any atom is 0.326 e. The van der Waals surface area contributed by atoms with Gasteiger partial charge >= 0.3 is 5.37 Å². The number of aldehydes is 1. The Hall–Kier alpha value is 0.0700. The Morgan fingerprint density at radius 3 is 2.50 bits per heavy atom. The number of carbonyl (C=O) groups excluding carboxylic acids is 2. The molecule has 0 N–H and O–H groups in total. The first-order valence-corrected chi connectivity index (χ1v) is 4.78. The highest BCUT2D eigenvalue weighted by Crippen LogP contribution is 2.27. The molecule has 0 spiro atoms. The van der Waals surface area contributed by atoms with Crippen LogP contribution < -0.4 is 0 Å². The Labute approximate surface area is 85.5 Å². The number of nitrogens with zero attached hydrogens (tertiary/aromatic N) is 1. The first kappa shape index (κ1) is 12.1. The molecule has 0 aromatic heterocycles. The van der Waals surface area contributed by atoms with Crippen molar-refractivity contribution in [2.45, 2.75) is 11.7 Å². The molecule has 1 amide bonds. The van der Waals surface area contributed by atoms with Crippen molar-refractivity contribution in [2.24, 2.45) is 0 Å². The number of halogens is 2. The molecule has 0 saturated carbocycles. The van der Waals surface area contributed by atoms with Crippen molar-refractivity contribution in [2.75, 3.05) is 12.9 Å². The van der Waals surface area contributed by atoms with E-state index in [9.17, 15) is 9.59 Å². The van der Waals surface area contributed by atoms with E-state index in [1.807, 2.05) is 0 Å². The van der Waals surface area contributed by atoms with Crippen molar-refractivity contribution in [3.8, 4) is 0 Å². The third kappa shape index (κ3) is 3.65. The summed E-state index contributed by atoms with van der Waals surface area (Å²) in [4.78, 5) is 21.1. The molecule has 1 unspecified atom stereocenters. The zero-order valence-electron chi connectivity index (χ0n) is 6.71. The summed E-state index contributed by atoms with van der Waals surface area (Å²) >= 11 is 11.7. The third-order valence-corrected chi connectivity index (χ3v) is 3.27. The normalized spacial score (nSPS) is 15.0. The lowest BCUT2D eigenvalue weighted by Crippen LogP contribution is -2.30. The smallest absolute Gasteiger partial charge is 0.302 e. The summed E-state index contributed by atoms with van der Waals surface area (Å²) in [5, 5.41) is -0.627. The minimum absolute atomic E-state index is 0.135. The minimum atomic E-state index is -0.791. The van der Waals surface area contributed by atoms with Crippen LogP contribution in [0, 0.1) is 0 Å². The van der Waals surface area contributed by atoms with Gasteiger partial charge in [0.25, 0.3) is 0 Å². The molecule has 0 aliphatic heterocycles. The maximum atomic E-state index is 10.6. The van der Waals surface area contributed by atoms with Crippen LogP contribution in [0.15, 0.2) is 0 Å². The van der Waals surface area contributed by atoms with Crippen LogP contribution in [0.25, 0.3) is 0 Å². The van der Waals surface area contributed by atoms with Gasteiger partial charge in [0.2, 0.25) is 0 Å². The molecule has 0 radical (unpaired) electrons. The average molecular weight is 230 g/mol. The molecule has 0 aliphatic carbocycles. The third-order valence-electron chi connectivity index (χ3n) is 1.11. The van der Waals surface area contributed by atoms with Crippen molar-refractivity contribution in [1.29, 1.82) is 0 Å². The second-order valence-electron chi connectivity index (χ2n) is 2.41. The van der Waals surface area contributed by atoms with Crippen LogP contribution in [0.1, 0.15) is 6.92 Å².